The van der Waals surface area contributed by atoms with E-state index in [1.165, 1.54) is 6.92 Å². The number of rotatable bonds is 4. The van der Waals surface area contributed by atoms with E-state index >= 15 is 0 Å². The van der Waals surface area contributed by atoms with Crippen LogP contribution in [0.5, 0.6) is 5.75 Å². The number of ether oxygens (including phenoxy) is 1. The Bertz CT molecular complexity index is 1250. The van der Waals surface area contributed by atoms with Crippen molar-refractivity contribution in [1.82, 2.24) is 0 Å². The molecular weight excluding hydrogens is 378 g/mol. The minimum Gasteiger partial charge on any atom is -0.489 e. The molecule has 4 rings (SSSR count). The number of hydrogen-bond acceptors (Lipinski definition) is 4. The lowest BCUT2D eigenvalue weighted by Crippen LogP contribution is -2.07. The van der Waals surface area contributed by atoms with Crippen molar-refractivity contribution in [3.8, 4) is 5.75 Å². The molecule has 0 unspecified atom stereocenters. The van der Waals surface area contributed by atoms with Gasteiger partial charge in [0.25, 0.3) is 0 Å². The summed E-state index contributed by atoms with van der Waals surface area (Å²) in [5, 5.41) is 5.30. The van der Waals surface area contributed by atoms with Gasteiger partial charge < -0.3 is 14.5 Å². The predicted octanol–water partition coefficient (Wildman–Crippen LogP) is 5.14. The van der Waals surface area contributed by atoms with Gasteiger partial charge in [0.2, 0.25) is 5.91 Å². The van der Waals surface area contributed by atoms with Gasteiger partial charge in [-0.2, -0.15) is 0 Å². The lowest BCUT2D eigenvalue weighted by Gasteiger charge is -2.09. The summed E-state index contributed by atoms with van der Waals surface area (Å²) in [7, 11) is 0. The summed E-state index contributed by atoms with van der Waals surface area (Å²) in [6.07, 6.45) is 0. The molecule has 140 valence electrons. The molecule has 0 atom stereocenters. The molecule has 1 aromatic heterocycles. The van der Waals surface area contributed by atoms with Crippen molar-refractivity contribution < 1.29 is 13.9 Å². The van der Waals surface area contributed by atoms with Crippen molar-refractivity contribution in [3.05, 3.63) is 81.7 Å². The van der Waals surface area contributed by atoms with E-state index in [1.54, 1.807) is 36.4 Å². The molecule has 6 heteroatoms. The second-order valence-electron chi connectivity index (χ2n) is 6.40. The monoisotopic (exact) mass is 393 g/mol. The van der Waals surface area contributed by atoms with Gasteiger partial charge in [-0.1, -0.05) is 29.8 Å². The van der Waals surface area contributed by atoms with Gasteiger partial charge in [-0.25, -0.2) is 4.79 Å². The molecule has 5 nitrogen and oxygen atoms in total. The molecule has 28 heavy (non-hydrogen) atoms. The van der Waals surface area contributed by atoms with Crippen LogP contribution in [0.15, 0.2) is 69.9 Å². The number of nitrogens with one attached hydrogen (secondary N) is 1. The fourth-order valence-corrected chi connectivity index (χ4v) is 3.16. The van der Waals surface area contributed by atoms with E-state index in [4.69, 9.17) is 20.8 Å². The Kier molecular flexibility index (Phi) is 4.75. The van der Waals surface area contributed by atoms with Crippen LogP contribution in [0.1, 0.15) is 12.5 Å². The average Bonchev–Trinajstić information content (AvgIpc) is 2.67. The van der Waals surface area contributed by atoms with E-state index in [-0.39, 0.29) is 5.91 Å². The van der Waals surface area contributed by atoms with Crippen molar-refractivity contribution in [2.24, 2.45) is 0 Å². The number of carbonyl (C=O) groups excluding carboxylic acids is 1. The maximum absolute atomic E-state index is 12.4. The number of anilines is 1. The van der Waals surface area contributed by atoms with Crippen LogP contribution in [-0.2, 0) is 11.4 Å². The third-order valence-electron chi connectivity index (χ3n) is 4.32. The first-order valence-corrected chi connectivity index (χ1v) is 9.03. The normalized spacial score (nSPS) is 10.9. The number of halogens is 1. The summed E-state index contributed by atoms with van der Waals surface area (Å²) in [6, 6.07) is 18.0. The Hall–Kier alpha value is -3.31. The van der Waals surface area contributed by atoms with Crippen LogP contribution < -0.4 is 15.7 Å². The van der Waals surface area contributed by atoms with Crippen LogP contribution in [0.3, 0.4) is 0 Å². The molecule has 4 aromatic rings. The second-order valence-corrected chi connectivity index (χ2v) is 6.84. The zero-order chi connectivity index (χ0) is 19.7. The molecule has 1 heterocycles. The third-order valence-corrected chi connectivity index (χ3v) is 4.58. The first-order valence-electron chi connectivity index (χ1n) is 8.65. The Morgan fingerprint density at radius 3 is 2.50 bits per heavy atom. The van der Waals surface area contributed by atoms with Gasteiger partial charge in [-0.05, 0) is 42.0 Å². The molecule has 0 aliphatic rings. The maximum atomic E-state index is 12.4. The van der Waals surface area contributed by atoms with E-state index in [9.17, 15) is 9.59 Å². The fourth-order valence-electron chi connectivity index (χ4n) is 3.03. The average molecular weight is 394 g/mol. The Labute approximate surface area is 165 Å². The van der Waals surface area contributed by atoms with Gasteiger partial charge in [-0.3, -0.25) is 4.79 Å². The highest BCUT2D eigenvalue weighted by atomic mass is 35.5. The molecule has 1 amide bonds. The standard InChI is InChI=1S/C22H16ClNO4/c1-13(25)24-16-6-8-18-19-9-7-17(11-21(19)28-22(26)20(18)10-16)27-12-14-2-4-15(23)5-3-14/h2-11H,12H2,1H3,(H,24,25). The number of fused-ring (bicyclic) bond motifs is 3. The number of benzene rings is 3. The summed E-state index contributed by atoms with van der Waals surface area (Å²) in [4.78, 5) is 23.7. The van der Waals surface area contributed by atoms with Gasteiger partial charge in [0.1, 0.15) is 17.9 Å². The van der Waals surface area contributed by atoms with E-state index < -0.39 is 5.63 Å². The second kappa shape index (κ2) is 7.37. The molecule has 1 N–H and O–H groups in total. The molecule has 0 radical (unpaired) electrons. The van der Waals surface area contributed by atoms with Gasteiger partial charge in [-0.15, -0.1) is 0 Å². The highest BCUT2D eigenvalue weighted by Gasteiger charge is 2.10. The van der Waals surface area contributed by atoms with E-state index in [0.29, 0.717) is 34.0 Å². The molecule has 0 bridgehead atoms. The van der Waals surface area contributed by atoms with E-state index in [0.717, 1.165) is 16.3 Å². The molecular formula is C22H16ClNO4. The molecule has 0 fully saturated rings. The summed E-state index contributed by atoms with van der Waals surface area (Å²) in [5.41, 5.74) is 1.51. The highest BCUT2D eigenvalue weighted by Crippen LogP contribution is 2.28. The van der Waals surface area contributed by atoms with Crippen molar-refractivity contribution in [2.75, 3.05) is 5.32 Å². The number of hydrogen-bond donors (Lipinski definition) is 1. The molecule has 0 spiro atoms. The van der Waals surface area contributed by atoms with Crippen LogP contribution in [-0.4, -0.2) is 5.91 Å². The van der Waals surface area contributed by atoms with Gasteiger partial charge >= 0.3 is 5.63 Å². The summed E-state index contributed by atoms with van der Waals surface area (Å²) >= 11 is 5.89. The molecule has 0 saturated carbocycles. The van der Waals surface area contributed by atoms with Gasteiger partial charge in [0.05, 0.1) is 5.39 Å². The first kappa shape index (κ1) is 18.1. The number of carbonyl (C=O) groups is 1. The first-order chi connectivity index (χ1) is 13.5. The maximum Gasteiger partial charge on any atom is 0.344 e. The summed E-state index contributed by atoms with van der Waals surface area (Å²) in [5.74, 6) is 0.395. The SMILES string of the molecule is CC(=O)Nc1ccc2c(c1)c(=O)oc1cc(OCc3ccc(Cl)cc3)ccc12. The van der Waals surface area contributed by atoms with Crippen molar-refractivity contribution in [3.63, 3.8) is 0 Å². The smallest absolute Gasteiger partial charge is 0.344 e. The lowest BCUT2D eigenvalue weighted by molar-refractivity contribution is -0.114. The Morgan fingerprint density at radius 2 is 1.75 bits per heavy atom. The van der Waals surface area contributed by atoms with Crippen molar-refractivity contribution in [1.29, 1.82) is 0 Å². The van der Waals surface area contributed by atoms with Crippen LogP contribution >= 0.6 is 11.6 Å². The van der Waals surface area contributed by atoms with Crippen molar-refractivity contribution >= 4 is 44.9 Å². The zero-order valence-corrected chi connectivity index (χ0v) is 15.7. The largest absolute Gasteiger partial charge is 0.489 e. The molecule has 3 aromatic carbocycles. The highest BCUT2D eigenvalue weighted by molar-refractivity contribution is 6.30. The molecule has 0 saturated heterocycles. The van der Waals surface area contributed by atoms with Crippen LogP contribution in [0, 0.1) is 0 Å². The topological polar surface area (TPSA) is 68.5 Å². The lowest BCUT2D eigenvalue weighted by atomic mass is 10.1. The Morgan fingerprint density at radius 1 is 1.00 bits per heavy atom. The quantitative estimate of drug-likeness (QED) is 0.385. The van der Waals surface area contributed by atoms with Gasteiger partial charge in [0.15, 0.2) is 0 Å². The summed E-state index contributed by atoms with van der Waals surface area (Å²) < 4.78 is 11.3. The number of amides is 1. The van der Waals surface area contributed by atoms with Crippen LogP contribution in [0.2, 0.25) is 5.02 Å². The summed E-state index contributed by atoms with van der Waals surface area (Å²) in [6.45, 7) is 1.79. The van der Waals surface area contributed by atoms with Crippen molar-refractivity contribution in [2.45, 2.75) is 13.5 Å². The van der Waals surface area contributed by atoms with Gasteiger partial charge in [0, 0.05) is 34.5 Å². The van der Waals surface area contributed by atoms with E-state index in [2.05, 4.69) is 5.32 Å². The predicted molar refractivity (Wildman–Crippen MR) is 110 cm³/mol. The Balaban J connectivity index is 1.67. The molecule has 0 aliphatic carbocycles. The fraction of sp³-hybridized carbons (Fsp3) is 0.0909. The minimum atomic E-state index is -0.468. The third kappa shape index (κ3) is 3.70. The zero-order valence-electron chi connectivity index (χ0n) is 15.0. The minimum absolute atomic E-state index is 0.202. The van der Waals surface area contributed by atoms with Crippen LogP contribution in [0.4, 0.5) is 5.69 Å². The van der Waals surface area contributed by atoms with E-state index in [1.807, 2.05) is 24.3 Å². The van der Waals surface area contributed by atoms with Crippen LogP contribution in [0.25, 0.3) is 21.7 Å². The molecule has 0 aliphatic heterocycles.